The number of benzene rings is 1. The smallest absolute Gasteiger partial charge is 0.339 e. The van der Waals surface area contributed by atoms with Crippen molar-refractivity contribution in [1.82, 2.24) is 14.8 Å². The first-order chi connectivity index (χ1) is 9.99. The number of hydrogen-bond acceptors (Lipinski definition) is 3. The summed E-state index contributed by atoms with van der Waals surface area (Å²) >= 11 is 5.81. The number of rotatable bonds is 2. The van der Waals surface area contributed by atoms with Gasteiger partial charge < -0.3 is 10.1 Å². The summed E-state index contributed by atoms with van der Waals surface area (Å²) in [5, 5.41) is 14.0. The Morgan fingerprint density at radius 1 is 1.33 bits per heavy atom. The summed E-state index contributed by atoms with van der Waals surface area (Å²) in [5.41, 5.74) is 0.973. The fourth-order valence-electron chi connectivity index (χ4n) is 2.18. The number of nitrogens with zero attached hydrogens (tertiary/aromatic N) is 2. The maximum Gasteiger partial charge on any atom is 0.339 e. The van der Waals surface area contributed by atoms with Crippen molar-refractivity contribution in [2.75, 3.05) is 0 Å². The zero-order chi connectivity index (χ0) is 15.1. The molecule has 6 nitrogen and oxygen atoms in total. The molecule has 1 aromatic rings. The first-order valence-corrected chi connectivity index (χ1v) is 6.47. The van der Waals surface area contributed by atoms with Gasteiger partial charge in [0.05, 0.1) is 11.3 Å². The van der Waals surface area contributed by atoms with Crippen LogP contribution in [0.5, 0.6) is 0 Å². The van der Waals surface area contributed by atoms with Crippen molar-refractivity contribution in [1.29, 1.82) is 0 Å². The van der Waals surface area contributed by atoms with Crippen molar-refractivity contribution in [3.8, 4) is 16.9 Å². The van der Waals surface area contributed by atoms with Gasteiger partial charge in [-0.05, 0) is 31.2 Å². The Morgan fingerprint density at radius 3 is 2.62 bits per heavy atom. The first-order valence-electron chi connectivity index (χ1n) is 6.09. The molecule has 0 spiro atoms. The quantitative estimate of drug-likeness (QED) is 0.760. The van der Waals surface area contributed by atoms with Crippen LogP contribution < -0.4 is 5.56 Å². The van der Waals surface area contributed by atoms with Crippen molar-refractivity contribution in [2.24, 2.45) is 0 Å². The summed E-state index contributed by atoms with van der Waals surface area (Å²) in [6, 6.07) is 6.57. The molecule has 7 heteroatoms. The second-order valence-electron chi connectivity index (χ2n) is 4.55. The molecule has 2 N–H and O–H groups in total. The van der Waals surface area contributed by atoms with Gasteiger partial charge in [0.25, 0.3) is 5.56 Å². The molecule has 1 aromatic carbocycles. The van der Waals surface area contributed by atoms with E-state index in [2.05, 4.69) is 10.1 Å². The minimum Gasteiger partial charge on any atom is -0.478 e. The SMILES string of the molecule is Cc1[nH]cc2c(=O)n(-c3ccc(Cl)cc3)nc-2c1C(=O)O. The Balaban J connectivity index is 2.31. The predicted molar refractivity (Wildman–Crippen MR) is 77.5 cm³/mol. The van der Waals surface area contributed by atoms with E-state index in [0.717, 1.165) is 0 Å². The Kier molecular flexibility index (Phi) is 3.03. The minimum absolute atomic E-state index is 0.00249. The lowest BCUT2D eigenvalue weighted by atomic mass is 10.1. The number of fused-ring (bicyclic) bond motifs is 1. The van der Waals surface area contributed by atoms with Crippen molar-refractivity contribution in [2.45, 2.75) is 6.92 Å². The molecule has 0 saturated heterocycles. The van der Waals surface area contributed by atoms with Gasteiger partial charge in [-0.2, -0.15) is 9.78 Å². The minimum atomic E-state index is -1.13. The summed E-state index contributed by atoms with van der Waals surface area (Å²) < 4.78 is 1.17. The third kappa shape index (κ3) is 2.09. The standard InChI is InChI=1S/C14H10ClN3O3/c1-7-11(14(20)21)12-10(6-16-7)13(19)18(17-12)9-4-2-8(15)3-5-9/h2-6,16H,1H3,(H,20,21). The highest BCUT2D eigenvalue weighted by Gasteiger charge is 2.24. The summed E-state index contributed by atoms with van der Waals surface area (Å²) in [5.74, 6) is -1.13. The van der Waals surface area contributed by atoms with Gasteiger partial charge in [0.2, 0.25) is 0 Å². The van der Waals surface area contributed by atoms with Crippen LogP contribution in [0.15, 0.2) is 35.3 Å². The fourth-order valence-corrected chi connectivity index (χ4v) is 2.30. The molecule has 0 aromatic heterocycles. The fraction of sp³-hybridized carbons (Fsp3) is 0.0714. The summed E-state index contributed by atoms with van der Waals surface area (Å²) in [6.45, 7) is 1.62. The van der Waals surface area contributed by atoms with Crippen molar-refractivity contribution < 1.29 is 9.90 Å². The number of aromatic amines is 1. The average Bonchev–Trinajstić information content (AvgIpc) is 2.76. The Hall–Kier alpha value is -2.60. The molecule has 0 amide bonds. The number of aromatic nitrogens is 3. The molecule has 0 radical (unpaired) electrons. The topological polar surface area (TPSA) is 88.0 Å². The van der Waals surface area contributed by atoms with Crippen LogP contribution in [0.2, 0.25) is 5.02 Å². The summed E-state index contributed by atoms with van der Waals surface area (Å²) in [4.78, 5) is 26.5. The molecule has 21 heavy (non-hydrogen) atoms. The van der Waals surface area contributed by atoms with Gasteiger partial charge in [0.1, 0.15) is 11.3 Å². The van der Waals surface area contributed by atoms with Gasteiger partial charge in [-0.3, -0.25) is 4.79 Å². The number of halogens is 1. The molecule has 2 aliphatic heterocycles. The highest BCUT2D eigenvalue weighted by atomic mass is 35.5. The molecule has 0 aliphatic carbocycles. The van der Waals surface area contributed by atoms with E-state index < -0.39 is 5.97 Å². The highest BCUT2D eigenvalue weighted by Crippen LogP contribution is 2.23. The molecule has 2 aliphatic rings. The Labute approximate surface area is 124 Å². The van der Waals surface area contributed by atoms with Gasteiger partial charge in [-0.25, -0.2) is 4.79 Å². The van der Waals surface area contributed by atoms with Crippen LogP contribution in [0.4, 0.5) is 0 Å². The summed E-state index contributed by atoms with van der Waals surface area (Å²) in [7, 11) is 0. The molecular weight excluding hydrogens is 294 g/mol. The van der Waals surface area contributed by atoms with E-state index in [1.807, 2.05) is 0 Å². The second-order valence-corrected chi connectivity index (χ2v) is 4.99. The molecule has 3 rings (SSSR count). The lowest BCUT2D eigenvalue weighted by Gasteiger charge is -2.04. The molecule has 0 fully saturated rings. The number of nitrogens with one attached hydrogen (secondary N) is 1. The van der Waals surface area contributed by atoms with Crippen molar-refractivity contribution in [3.05, 3.63) is 57.1 Å². The lowest BCUT2D eigenvalue weighted by Crippen LogP contribution is -2.14. The first kappa shape index (κ1) is 13.4. The third-order valence-corrected chi connectivity index (χ3v) is 3.46. The van der Waals surface area contributed by atoms with Gasteiger partial charge in [-0.15, -0.1) is 0 Å². The second kappa shape index (κ2) is 4.75. The number of carbonyl (C=O) groups is 1. The number of carboxylic acid groups (broad SMARTS) is 1. The van der Waals surface area contributed by atoms with E-state index in [4.69, 9.17) is 11.6 Å². The molecule has 0 atom stereocenters. The van der Waals surface area contributed by atoms with E-state index in [0.29, 0.717) is 16.4 Å². The number of aromatic carboxylic acids is 1. The van der Waals surface area contributed by atoms with Crippen LogP contribution in [-0.2, 0) is 0 Å². The van der Waals surface area contributed by atoms with Crippen molar-refractivity contribution in [3.63, 3.8) is 0 Å². The maximum atomic E-state index is 12.4. The number of pyridine rings is 1. The maximum absolute atomic E-state index is 12.4. The predicted octanol–water partition coefficient (Wildman–Crippen LogP) is 2.33. The molecule has 0 unspecified atom stereocenters. The molecule has 0 bridgehead atoms. The van der Waals surface area contributed by atoms with Gasteiger partial charge >= 0.3 is 5.97 Å². The largest absolute Gasteiger partial charge is 0.478 e. The zero-order valence-electron chi connectivity index (χ0n) is 10.9. The van der Waals surface area contributed by atoms with E-state index in [1.54, 1.807) is 31.2 Å². The average molecular weight is 304 g/mol. The van der Waals surface area contributed by atoms with Gasteiger partial charge in [0, 0.05) is 16.9 Å². The Bertz CT molecular complexity index is 864. The lowest BCUT2D eigenvalue weighted by molar-refractivity contribution is 0.0696. The monoisotopic (exact) mass is 303 g/mol. The van der Waals surface area contributed by atoms with Crippen LogP contribution >= 0.6 is 11.6 Å². The normalized spacial score (nSPS) is 11.0. The van der Waals surface area contributed by atoms with E-state index in [1.165, 1.54) is 10.9 Å². The van der Waals surface area contributed by atoms with Gasteiger partial charge in [0.15, 0.2) is 0 Å². The van der Waals surface area contributed by atoms with E-state index in [9.17, 15) is 14.7 Å². The van der Waals surface area contributed by atoms with Crippen LogP contribution in [-0.4, -0.2) is 25.8 Å². The highest BCUT2D eigenvalue weighted by molar-refractivity contribution is 6.30. The van der Waals surface area contributed by atoms with Crippen LogP contribution in [0.1, 0.15) is 16.1 Å². The van der Waals surface area contributed by atoms with Crippen LogP contribution in [0.3, 0.4) is 0 Å². The van der Waals surface area contributed by atoms with E-state index in [-0.39, 0.29) is 22.4 Å². The molecule has 0 saturated carbocycles. The van der Waals surface area contributed by atoms with Gasteiger partial charge in [-0.1, -0.05) is 11.6 Å². The number of H-pyrrole nitrogens is 1. The molecule has 106 valence electrons. The number of hydrogen-bond donors (Lipinski definition) is 2. The Morgan fingerprint density at radius 2 is 2.00 bits per heavy atom. The zero-order valence-corrected chi connectivity index (χ0v) is 11.7. The van der Waals surface area contributed by atoms with Crippen LogP contribution in [0, 0.1) is 6.92 Å². The van der Waals surface area contributed by atoms with Crippen LogP contribution in [0.25, 0.3) is 16.9 Å². The number of aryl methyl sites for hydroxylation is 1. The van der Waals surface area contributed by atoms with Crippen molar-refractivity contribution >= 4 is 17.6 Å². The molecular formula is C14H10ClN3O3. The third-order valence-electron chi connectivity index (χ3n) is 3.21. The van der Waals surface area contributed by atoms with E-state index >= 15 is 0 Å². The summed E-state index contributed by atoms with van der Waals surface area (Å²) in [6.07, 6.45) is 1.47. The number of carboxylic acids is 1. The molecule has 2 heterocycles.